The number of benzene rings is 1. The third-order valence-electron chi connectivity index (χ3n) is 4.52. The molecular weight excluding hydrogens is 483 g/mol. The van der Waals surface area contributed by atoms with E-state index in [2.05, 4.69) is 34.5 Å². The van der Waals surface area contributed by atoms with E-state index < -0.39 is 39.0 Å². The predicted octanol–water partition coefficient (Wildman–Crippen LogP) is -0.265. The Kier molecular flexibility index (Phi) is 8.18. The molecule has 0 aliphatic carbocycles. The molecule has 0 bridgehead atoms. The van der Waals surface area contributed by atoms with Crippen molar-refractivity contribution in [2.75, 3.05) is 17.7 Å². The van der Waals surface area contributed by atoms with Crippen LogP contribution < -0.4 is 11.1 Å². The smallest absolute Gasteiger partial charge is 0.398 e. The van der Waals surface area contributed by atoms with Gasteiger partial charge in [-0.1, -0.05) is 23.7 Å². The highest BCUT2D eigenvalue weighted by Gasteiger charge is 2.42. The molecule has 1 fully saturated rings. The van der Waals surface area contributed by atoms with Crippen LogP contribution in [0.4, 0.5) is 11.5 Å². The monoisotopic (exact) mass is 504 g/mol. The SMILES string of the molecule is Nc1cccc(CNc2ncnc3nc[nH]c23)c1Cl.O=P(O)(O)OC[C@H]1OC(O)[C@H](O)[C@@H]1O. The van der Waals surface area contributed by atoms with E-state index in [0.29, 0.717) is 28.7 Å². The van der Waals surface area contributed by atoms with Crippen LogP contribution in [0, 0.1) is 0 Å². The van der Waals surface area contributed by atoms with Gasteiger partial charge in [0, 0.05) is 6.54 Å². The largest absolute Gasteiger partial charge is 0.469 e. The Morgan fingerprint density at radius 2 is 1.97 bits per heavy atom. The van der Waals surface area contributed by atoms with Gasteiger partial charge in [-0.15, -0.1) is 0 Å². The van der Waals surface area contributed by atoms with Crippen molar-refractivity contribution in [3.63, 3.8) is 0 Å². The fourth-order valence-corrected chi connectivity index (χ4v) is 3.39. The summed E-state index contributed by atoms with van der Waals surface area (Å²) in [5, 5.41) is 30.8. The zero-order valence-corrected chi connectivity index (χ0v) is 18.5. The Bertz CT molecular complexity index is 1130. The second-order valence-electron chi connectivity index (χ2n) is 6.83. The van der Waals surface area contributed by atoms with Crippen molar-refractivity contribution < 1.29 is 38.9 Å². The Balaban J connectivity index is 0.000000196. The van der Waals surface area contributed by atoms with Crippen LogP contribution in [0.25, 0.3) is 11.2 Å². The summed E-state index contributed by atoms with van der Waals surface area (Å²) in [6, 6.07) is 5.55. The lowest BCUT2D eigenvalue weighted by Gasteiger charge is -2.14. The van der Waals surface area contributed by atoms with E-state index in [-0.39, 0.29) is 0 Å². The number of aliphatic hydroxyl groups is 3. The summed E-state index contributed by atoms with van der Waals surface area (Å²) in [5.74, 6) is 0.681. The molecule has 3 aromatic rings. The van der Waals surface area contributed by atoms with Crippen LogP contribution in [-0.2, 0) is 20.4 Å². The summed E-state index contributed by atoms with van der Waals surface area (Å²) in [6.07, 6.45) is -2.62. The molecule has 1 unspecified atom stereocenters. The number of aliphatic hydroxyl groups excluding tert-OH is 3. The molecule has 16 heteroatoms. The van der Waals surface area contributed by atoms with Crippen molar-refractivity contribution in [2.24, 2.45) is 0 Å². The number of hydrogen-bond donors (Lipinski definition) is 8. The van der Waals surface area contributed by atoms with E-state index in [0.717, 1.165) is 11.1 Å². The number of aromatic nitrogens is 4. The molecule has 4 rings (SSSR count). The van der Waals surface area contributed by atoms with Crippen LogP contribution in [0.3, 0.4) is 0 Å². The molecule has 0 spiro atoms. The van der Waals surface area contributed by atoms with Gasteiger partial charge in [-0.2, -0.15) is 0 Å². The molecule has 3 heterocycles. The van der Waals surface area contributed by atoms with Gasteiger partial charge in [0.2, 0.25) is 0 Å². The molecule has 2 aromatic heterocycles. The topological polar surface area (TPSA) is 229 Å². The number of imidazole rings is 1. The van der Waals surface area contributed by atoms with Crippen molar-refractivity contribution in [3.8, 4) is 0 Å². The van der Waals surface area contributed by atoms with E-state index in [4.69, 9.17) is 42.4 Å². The number of fused-ring (bicyclic) bond motifs is 1. The molecule has 0 saturated carbocycles. The van der Waals surface area contributed by atoms with Crippen LogP contribution in [0.1, 0.15) is 5.56 Å². The zero-order chi connectivity index (χ0) is 24.2. The van der Waals surface area contributed by atoms with Gasteiger partial charge in [-0.3, -0.25) is 4.52 Å². The first-order valence-corrected chi connectivity index (χ1v) is 11.3. The molecular formula is C17H22ClN6O8P. The van der Waals surface area contributed by atoms with Crippen LogP contribution in [-0.4, -0.2) is 76.3 Å². The molecule has 1 saturated heterocycles. The number of hydrogen-bond acceptors (Lipinski definition) is 11. The number of nitrogen functional groups attached to an aromatic ring is 1. The molecule has 0 amide bonds. The second kappa shape index (κ2) is 10.7. The van der Waals surface area contributed by atoms with Gasteiger partial charge in [-0.05, 0) is 11.6 Å². The maximum absolute atomic E-state index is 10.3. The lowest BCUT2D eigenvalue weighted by atomic mass is 10.1. The van der Waals surface area contributed by atoms with Gasteiger partial charge < -0.3 is 45.9 Å². The number of H-pyrrole nitrogens is 1. The summed E-state index contributed by atoms with van der Waals surface area (Å²) in [5.41, 5.74) is 8.63. The fraction of sp³-hybridized carbons (Fsp3) is 0.353. The number of nitrogens with zero attached hydrogens (tertiary/aromatic N) is 3. The highest BCUT2D eigenvalue weighted by atomic mass is 35.5. The Labute approximate surface area is 191 Å². The summed E-state index contributed by atoms with van der Waals surface area (Å²) < 4.78 is 18.9. The number of anilines is 2. The van der Waals surface area contributed by atoms with Crippen LogP contribution in [0.15, 0.2) is 30.9 Å². The summed E-state index contributed by atoms with van der Waals surface area (Å²) in [4.78, 5) is 31.9. The third-order valence-corrected chi connectivity index (χ3v) is 5.47. The third kappa shape index (κ3) is 6.57. The van der Waals surface area contributed by atoms with Gasteiger partial charge in [0.05, 0.1) is 23.6 Å². The van der Waals surface area contributed by atoms with E-state index in [1.54, 1.807) is 12.4 Å². The Morgan fingerprint density at radius 1 is 1.21 bits per heavy atom. The molecule has 14 nitrogen and oxygen atoms in total. The number of phosphoric acid groups is 1. The first-order chi connectivity index (χ1) is 15.6. The van der Waals surface area contributed by atoms with Gasteiger partial charge in [0.1, 0.15) is 30.2 Å². The van der Waals surface area contributed by atoms with Gasteiger partial charge in [0.25, 0.3) is 0 Å². The van der Waals surface area contributed by atoms with Crippen LogP contribution in [0.2, 0.25) is 5.02 Å². The number of aromatic amines is 1. The molecule has 33 heavy (non-hydrogen) atoms. The van der Waals surface area contributed by atoms with Crippen molar-refractivity contribution in [1.29, 1.82) is 0 Å². The molecule has 180 valence electrons. The second-order valence-corrected chi connectivity index (χ2v) is 8.45. The van der Waals surface area contributed by atoms with E-state index >= 15 is 0 Å². The van der Waals surface area contributed by atoms with Gasteiger partial charge in [0.15, 0.2) is 17.8 Å². The highest BCUT2D eigenvalue weighted by molar-refractivity contribution is 7.46. The number of phosphoric ester groups is 1. The molecule has 4 atom stereocenters. The van der Waals surface area contributed by atoms with Gasteiger partial charge in [-0.25, -0.2) is 19.5 Å². The fourth-order valence-electron chi connectivity index (χ4n) is 2.85. The van der Waals surface area contributed by atoms with Gasteiger partial charge >= 0.3 is 7.82 Å². The molecule has 1 aliphatic heterocycles. The number of ether oxygens (including phenoxy) is 1. The zero-order valence-electron chi connectivity index (χ0n) is 16.8. The molecule has 1 aliphatic rings. The maximum atomic E-state index is 10.3. The minimum absolute atomic E-state index is 0.523. The Hall–Kier alpha value is -2.39. The molecule has 0 radical (unpaired) electrons. The lowest BCUT2D eigenvalue weighted by molar-refractivity contribution is -0.132. The first-order valence-electron chi connectivity index (χ1n) is 9.37. The van der Waals surface area contributed by atoms with Crippen LogP contribution in [0.5, 0.6) is 0 Å². The normalized spacial score (nSPS) is 22.7. The summed E-state index contributed by atoms with van der Waals surface area (Å²) in [7, 11) is -4.64. The average Bonchev–Trinajstić information content (AvgIpc) is 3.34. The summed E-state index contributed by atoms with van der Waals surface area (Å²) >= 11 is 6.14. The number of halogens is 1. The predicted molar refractivity (Wildman–Crippen MR) is 116 cm³/mol. The van der Waals surface area contributed by atoms with Crippen LogP contribution >= 0.6 is 19.4 Å². The number of nitrogens with two attached hydrogens (primary N) is 1. The average molecular weight is 505 g/mol. The van der Waals surface area contributed by atoms with Crippen molar-refractivity contribution in [1.82, 2.24) is 19.9 Å². The number of rotatable bonds is 6. The molecule has 1 aromatic carbocycles. The van der Waals surface area contributed by atoms with E-state index in [1.165, 1.54) is 6.33 Å². The number of nitrogens with one attached hydrogen (secondary N) is 2. The maximum Gasteiger partial charge on any atom is 0.469 e. The quantitative estimate of drug-likeness (QED) is 0.160. The molecule has 9 N–H and O–H groups in total. The van der Waals surface area contributed by atoms with Crippen molar-refractivity contribution in [2.45, 2.75) is 31.1 Å². The minimum Gasteiger partial charge on any atom is -0.398 e. The first kappa shape index (κ1) is 25.2. The highest BCUT2D eigenvalue weighted by Crippen LogP contribution is 2.37. The lowest BCUT2D eigenvalue weighted by Crippen LogP contribution is -2.34. The Morgan fingerprint density at radius 3 is 2.64 bits per heavy atom. The van der Waals surface area contributed by atoms with E-state index in [9.17, 15) is 4.57 Å². The standard InChI is InChI=1S/C12H11ClN6.C5H11O8P/c13-9-7(2-1-3-8(9)14)4-15-11-10-12(17-5-16-10)19-6-18-11;6-3-2(1-12-14(9,10)11)13-5(8)4(3)7/h1-3,5-6H,4,14H2,(H2,15,16,17,18,19);2-8H,1H2,(H2,9,10,11)/t;2-,3-,4-,5?/m.1/s1. The van der Waals surface area contributed by atoms with E-state index in [1.807, 2.05) is 12.1 Å². The summed E-state index contributed by atoms with van der Waals surface area (Å²) in [6.45, 7) is -0.0887. The van der Waals surface area contributed by atoms with Crippen molar-refractivity contribution >= 4 is 42.1 Å². The minimum atomic E-state index is -4.64. The van der Waals surface area contributed by atoms with Crippen molar-refractivity contribution in [3.05, 3.63) is 41.4 Å².